The Bertz CT molecular complexity index is 1170. The number of nitrogens with one attached hydrogen (secondary N) is 2. The highest BCUT2D eigenvalue weighted by Crippen LogP contribution is 2.28. The summed E-state index contributed by atoms with van der Waals surface area (Å²) in [5.41, 5.74) is 4.40. The number of hydrogen-bond donors (Lipinski definition) is 2. The van der Waals surface area contributed by atoms with Crippen LogP contribution in [-0.2, 0) is 0 Å². The van der Waals surface area contributed by atoms with Crippen molar-refractivity contribution in [3.63, 3.8) is 0 Å². The van der Waals surface area contributed by atoms with Gasteiger partial charge in [0.1, 0.15) is 11.6 Å². The fraction of sp³-hybridized carbons (Fsp3) is 0.240. The van der Waals surface area contributed by atoms with Crippen LogP contribution in [0, 0.1) is 5.41 Å². The minimum Gasteiger partial charge on any atom is -0.354 e. The molecule has 7 heteroatoms. The summed E-state index contributed by atoms with van der Waals surface area (Å²) in [6.45, 7) is 10.2. The fourth-order valence-electron chi connectivity index (χ4n) is 3.77. The average molecular weight is 447 g/mol. The van der Waals surface area contributed by atoms with Gasteiger partial charge in [0.15, 0.2) is 0 Å². The van der Waals surface area contributed by atoms with Crippen molar-refractivity contribution in [2.75, 3.05) is 43.4 Å². The topological polar surface area (TPSA) is 68.1 Å². The van der Waals surface area contributed by atoms with Crippen molar-refractivity contribution in [3.05, 3.63) is 72.6 Å². The van der Waals surface area contributed by atoms with E-state index in [9.17, 15) is 0 Å². The summed E-state index contributed by atoms with van der Waals surface area (Å²) < 4.78 is 0. The van der Waals surface area contributed by atoms with E-state index < -0.39 is 0 Å². The Morgan fingerprint density at radius 1 is 1.09 bits per heavy atom. The van der Waals surface area contributed by atoms with E-state index >= 15 is 0 Å². The highest BCUT2D eigenvalue weighted by Gasteiger charge is 2.16. The van der Waals surface area contributed by atoms with Gasteiger partial charge in [0.05, 0.1) is 5.55 Å². The quantitative estimate of drug-likeness (QED) is 0.374. The monoisotopic (exact) mass is 446 g/mol. The highest BCUT2D eigenvalue weighted by molar-refractivity contribution is 8.19. The molecule has 0 atom stereocenters. The first-order chi connectivity index (χ1) is 15.6. The van der Waals surface area contributed by atoms with E-state index in [4.69, 9.17) is 5.41 Å². The summed E-state index contributed by atoms with van der Waals surface area (Å²) in [4.78, 5) is 14.7. The Hall–Kier alpha value is -3.16. The molecule has 0 bridgehead atoms. The molecule has 1 aliphatic rings. The van der Waals surface area contributed by atoms with Crippen LogP contribution in [0.4, 0.5) is 11.6 Å². The zero-order valence-corrected chi connectivity index (χ0v) is 19.3. The maximum Gasteiger partial charge on any atom is 0.130 e. The summed E-state index contributed by atoms with van der Waals surface area (Å²) >= 11 is 1.32. The molecule has 6 nitrogen and oxygen atoms in total. The van der Waals surface area contributed by atoms with Crippen LogP contribution in [0.25, 0.3) is 21.4 Å². The Kier molecular flexibility index (Phi) is 6.87. The number of aromatic nitrogens is 2. The van der Waals surface area contributed by atoms with Crippen LogP contribution < -0.4 is 10.2 Å². The summed E-state index contributed by atoms with van der Waals surface area (Å²) in [7, 11) is 2.16. The number of likely N-dealkylation sites (N-methyl/N-ethyl adjacent to an activating group) is 1. The van der Waals surface area contributed by atoms with Gasteiger partial charge in [0.2, 0.25) is 0 Å². The van der Waals surface area contributed by atoms with E-state index in [1.165, 1.54) is 17.3 Å². The summed E-state index contributed by atoms with van der Waals surface area (Å²) in [5, 5.41) is 12.9. The molecule has 4 rings (SSSR count). The molecule has 0 spiro atoms. The van der Waals surface area contributed by atoms with Gasteiger partial charge in [-0.1, -0.05) is 36.5 Å². The number of allylic oxidation sites excluding steroid dienone is 1. The third kappa shape index (κ3) is 5.00. The number of piperazine rings is 1. The molecule has 0 amide bonds. The first-order valence-corrected chi connectivity index (χ1v) is 11.5. The van der Waals surface area contributed by atoms with Crippen LogP contribution in [0.3, 0.4) is 0 Å². The smallest absolute Gasteiger partial charge is 0.130 e. The van der Waals surface area contributed by atoms with Crippen LogP contribution in [0.5, 0.6) is 0 Å². The maximum atomic E-state index is 7.29. The van der Waals surface area contributed by atoms with Gasteiger partial charge < -0.3 is 20.5 Å². The second-order valence-electron chi connectivity index (χ2n) is 7.81. The highest BCUT2D eigenvalue weighted by atomic mass is 32.2. The molecule has 1 aliphatic heterocycles. The SMILES string of the molecule is C=C(SC=N)c1ccc2cnc(N/C(=C/C)c3ccnc(N4CCN(C)CC4)c3)cc2c1.[HH]. The number of rotatable bonds is 7. The lowest BCUT2D eigenvalue weighted by Gasteiger charge is -2.33. The second-order valence-corrected chi connectivity index (χ2v) is 8.77. The van der Waals surface area contributed by atoms with Gasteiger partial charge in [-0.15, -0.1) is 0 Å². The standard InChI is InChI=1S/C25H28N6S.H2/c1-4-23(20-7-8-27-25(15-20)31-11-9-30(3)10-12-31)29-24-14-22-13-19(18(2)32-17-26)5-6-21(22)16-28-24;/h4-8,13-17,26H,2,9-12H2,1,3H3,(H,28,29);1H/b23-4+,26-17?;. The minimum absolute atomic E-state index is 0. The lowest BCUT2D eigenvalue weighted by atomic mass is 10.1. The van der Waals surface area contributed by atoms with Gasteiger partial charge in [-0.3, -0.25) is 0 Å². The van der Waals surface area contributed by atoms with Crippen molar-refractivity contribution in [1.82, 2.24) is 14.9 Å². The van der Waals surface area contributed by atoms with E-state index in [1.807, 2.05) is 43.6 Å². The van der Waals surface area contributed by atoms with Crippen molar-refractivity contribution in [2.45, 2.75) is 6.92 Å². The van der Waals surface area contributed by atoms with Crippen molar-refractivity contribution >= 4 is 50.3 Å². The maximum absolute atomic E-state index is 7.29. The third-order valence-electron chi connectivity index (χ3n) is 5.68. The predicted octanol–water partition coefficient (Wildman–Crippen LogP) is 5.41. The largest absolute Gasteiger partial charge is 0.354 e. The zero-order chi connectivity index (χ0) is 22.5. The van der Waals surface area contributed by atoms with E-state index in [2.05, 4.69) is 56.9 Å². The normalized spacial score (nSPS) is 15.1. The lowest BCUT2D eigenvalue weighted by molar-refractivity contribution is 0.312. The summed E-state index contributed by atoms with van der Waals surface area (Å²) in [6.07, 6.45) is 5.82. The third-order valence-corrected chi connectivity index (χ3v) is 6.32. The summed E-state index contributed by atoms with van der Waals surface area (Å²) in [5.74, 6) is 1.79. The van der Waals surface area contributed by atoms with Gasteiger partial charge in [-0.2, -0.15) is 0 Å². The molecule has 1 fully saturated rings. The number of pyridine rings is 2. The van der Waals surface area contributed by atoms with Crippen LogP contribution in [0.2, 0.25) is 0 Å². The molecule has 0 radical (unpaired) electrons. The first-order valence-electron chi connectivity index (χ1n) is 10.7. The van der Waals surface area contributed by atoms with Gasteiger partial charge >= 0.3 is 0 Å². The molecule has 0 saturated carbocycles. The van der Waals surface area contributed by atoms with Gasteiger partial charge in [0.25, 0.3) is 0 Å². The second kappa shape index (κ2) is 9.97. The molecule has 0 unspecified atom stereocenters. The average Bonchev–Trinajstić information content (AvgIpc) is 2.82. The van der Waals surface area contributed by atoms with Crippen LogP contribution in [-0.4, -0.2) is 53.6 Å². The van der Waals surface area contributed by atoms with Crippen molar-refractivity contribution in [3.8, 4) is 0 Å². The fourth-order valence-corrected chi connectivity index (χ4v) is 4.17. The molecule has 1 saturated heterocycles. The Morgan fingerprint density at radius 3 is 2.66 bits per heavy atom. The Labute approximate surface area is 195 Å². The molecule has 3 heterocycles. The van der Waals surface area contributed by atoms with Crippen molar-refractivity contribution < 1.29 is 1.43 Å². The number of fused-ring (bicyclic) bond motifs is 1. The van der Waals surface area contributed by atoms with E-state index in [-0.39, 0.29) is 1.43 Å². The van der Waals surface area contributed by atoms with Gasteiger partial charge in [-0.05, 0) is 49.2 Å². The molecule has 0 aliphatic carbocycles. The number of anilines is 2. The number of hydrogen-bond acceptors (Lipinski definition) is 7. The van der Waals surface area contributed by atoms with E-state index in [0.717, 1.165) is 70.3 Å². The number of thioether (sulfide) groups is 1. The molecule has 166 valence electrons. The predicted molar refractivity (Wildman–Crippen MR) is 140 cm³/mol. The molecular formula is C25H30N6S. The number of nitrogens with zero attached hydrogens (tertiary/aromatic N) is 4. The molecule has 3 aromatic rings. The van der Waals surface area contributed by atoms with Gasteiger partial charge in [-0.25, -0.2) is 9.97 Å². The molecular weight excluding hydrogens is 416 g/mol. The minimum atomic E-state index is 0. The van der Waals surface area contributed by atoms with E-state index in [1.54, 1.807) is 0 Å². The Morgan fingerprint density at radius 2 is 1.91 bits per heavy atom. The molecule has 1 aromatic carbocycles. The van der Waals surface area contributed by atoms with E-state index in [0.29, 0.717) is 0 Å². The molecule has 32 heavy (non-hydrogen) atoms. The van der Waals surface area contributed by atoms with Crippen LogP contribution >= 0.6 is 11.8 Å². The zero-order valence-electron chi connectivity index (χ0n) is 18.5. The lowest BCUT2D eigenvalue weighted by Crippen LogP contribution is -2.44. The van der Waals surface area contributed by atoms with Crippen molar-refractivity contribution in [1.29, 1.82) is 5.41 Å². The summed E-state index contributed by atoms with van der Waals surface area (Å²) in [6, 6.07) is 12.4. The van der Waals surface area contributed by atoms with Crippen molar-refractivity contribution in [2.24, 2.45) is 0 Å². The first kappa shape index (κ1) is 22.0. The van der Waals surface area contributed by atoms with Gasteiger partial charge in [0, 0.05) is 61.6 Å². The van der Waals surface area contributed by atoms with Crippen LogP contribution in [0.15, 0.2) is 61.4 Å². The van der Waals surface area contributed by atoms with Crippen LogP contribution in [0.1, 0.15) is 19.5 Å². The number of benzene rings is 1. The molecule has 2 N–H and O–H groups in total. The molecule has 2 aromatic heterocycles. The Balaban J connectivity index is 0.00000306.